The van der Waals surface area contributed by atoms with E-state index in [2.05, 4.69) is 25.6 Å². The highest BCUT2D eigenvalue weighted by atomic mass is 35.5. The Morgan fingerprint density at radius 2 is 1.91 bits per heavy atom. The zero-order chi connectivity index (χ0) is 16.2. The standard InChI is InChI=1S/C16H13ClFN5/c1-19-16-22-14(13-4-2-3-7-20-13)9-15(23-16)21-12-6-5-10(18)8-11(12)17/h2-9H,1H3,(H2,19,21,22,23). The summed E-state index contributed by atoms with van der Waals surface area (Å²) in [6.07, 6.45) is 1.69. The Morgan fingerprint density at radius 1 is 1.04 bits per heavy atom. The van der Waals surface area contributed by atoms with Crippen molar-refractivity contribution in [1.29, 1.82) is 0 Å². The van der Waals surface area contributed by atoms with Crippen LogP contribution in [-0.2, 0) is 0 Å². The van der Waals surface area contributed by atoms with Crippen LogP contribution >= 0.6 is 11.6 Å². The van der Waals surface area contributed by atoms with Crippen LogP contribution < -0.4 is 10.6 Å². The highest BCUT2D eigenvalue weighted by Gasteiger charge is 2.09. The summed E-state index contributed by atoms with van der Waals surface area (Å²) in [6, 6.07) is 11.4. The number of anilines is 3. The molecule has 0 aliphatic carbocycles. The predicted octanol–water partition coefficient (Wildman–Crippen LogP) is 4.12. The minimum atomic E-state index is -0.395. The van der Waals surface area contributed by atoms with Crippen LogP contribution in [0.1, 0.15) is 0 Å². The van der Waals surface area contributed by atoms with Crippen LogP contribution in [0.5, 0.6) is 0 Å². The van der Waals surface area contributed by atoms with Crippen molar-refractivity contribution in [2.24, 2.45) is 0 Å². The molecule has 0 radical (unpaired) electrons. The summed E-state index contributed by atoms with van der Waals surface area (Å²) in [5.74, 6) is 0.570. The van der Waals surface area contributed by atoms with Crippen molar-refractivity contribution in [3.8, 4) is 11.4 Å². The van der Waals surface area contributed by atoms with Crippen molar-refractivity contribution in [1.82, 2.24) is 15.0 Å². The largest absolute Gasteiger partial charge is 0.357 e. The summed E-state index contributed by atoms with van der Waals surface area (Å²) in [5.41, 5.74) is 1.94. The molecule has 2 heterocycles. The lowest BCUT2D eigenvalue weighted by molar-refractivity contribution is 0.628. The monoisotopic (exact) mass is 329 g/mol. The van der Waals surface area contributed by atoms with E-state index in [9.17, 15) is 4.39 Å². The van der Waals surface area contributed by atoms with Crippen LogP contribution in [-0.4, -0.2) is 22.0 Å². The number of aromatic nitrogens is 3. The first-order valence-electron chi connectivity index (χ1n) is 6.86. The molecule has 0 aliphatic rings. The number of hydrogen-bond donors (Lipinski definition) is 2. The van der Waals surface area contributed by atoms with Crippen molar-refractivity contribution in [3.05, 3.63) is 59.5 Å². The molecule has 3 rings (SSSR count). The van der Waals surface area contributed by atoms with Crippen LogP contribution in [0.3, 0.4) is 0 Å². The van der Waals surface area contributed by atoms with Crippen LogP contribution in [0.2, 0.25) is 5.02 Å². The molecule has 23 heavy (non-hydrogen) atoms. The second-order valence-corrected chi connectivity index (χ2v) is 5.08. The minimum absolute atomic E-state index is 0.272. The fourth-order valence-corrected chi connectivity index (χ4v) is 2.21. The molecule has 0 amide bonds. The fraction of sp³-hybridized carbons (Fsp3) is 0.0625. The molecule has 0 saturated heterocycles. The molecule has 0 spiro atoms. The molecule has 3 aromatic rings. The lowest BCUT2D eigenvalue weighted by Crippen LogP contribution is -2.03. The third kappa shape index (κ3) is 3.54. The molecular formula is C16H13ClFN5. The molecular weight excluding hydrogens is 317 g/mol. The molecule has 2 N–H and O–H groups in total. The number of hydrogen-bond acceptors (Lipinski definition) is 5. The number of pyridine rings is 1. The SMILES string of the molecule is CNc1nc(Nc2ccc(F)cc2Cl)cc(-c2ccccn2)n1. The zero-order valence-electron chi connectivity index (χ0n) is 12.2. The molecule has 0 fully saturated rings. The molecule has 0 atom stereocenters. The van der Waals surface area contributed by atoms with Gasteiger partial charge >= 0.3 is 0 Å². The van der Waals surface area contributed by atoms with Gasteiger partial charge in [0.25, 0.3) is 0 Å². The summed E-state index contributed by atoms with van der Waals surface area (Å²) in [7, 11) is 1.73. The van der Waals surface area contributed by atoms with Crippen LogP contribution in [0.25, 0.3) is 11.4 Å². The molecule has 0 saturated carbocycles. The normalized spacial score (nSPS) is 10.4. The molecule has 2 aromatic heterocycles. The predicted molar refractivity (Wildman–Crippen MR) is 89.5 cm³/mol. The van der Waals surface area contributed by atoms with Gasteiger partial charge in [0.05, 0.1) is 22.1 Å². The van der Waals surface area contributed by atoms with Gasteiger partial charge in [0.15, 0.2) is 0 Å². The van der Waals surface area contributed by atoms with Gasteiger partial charge in [0, 0.05) is 19.3 Å². The first-order chi connectivity index (χ1) is 11.2. The molecule has 116 valence electrons. The highest BCUT2D eigenvalue weighted by Crippen LogP contribution is 2.27. The van der Waals surface area contributed by atoms with Crippen molar-refractivity contribution in [3.63, 3.8) is 0 Å². The van der Waals surface area contributed by atoms with Crippen molar-refractivity contribution < 1.29 is 4.39 Å². The molecule has 5 nitrogen and oxygen atoms in total. The maximum Gasteiger partial charge on any atom is 0.225 e. The average molecular weight is 330 g/mol. The van der Waals surface area contributed by atoms with Gasteiger partial charge in [-0.25, -0.2) is 9.37 Å². The Balaban J connectivity index is 1.99. The van der Waals surface area contributed by atoms with E-state index in [0.717, 1.165) is 5.69 Å². The topological polar surface area (TPSA) is 62.7 Å². The quantitative estimate of drug-likeness (QED) is 0.754. The molecule has 7 heteroatoms. The Morgan fingerprint density at radius 3 is 2.61 bits per heavy atom. The lowest BCUT2D eigenvalue weighted by Gasteiger charge is -2.10. The fourth-order valence-electron chi connectivity index (χ4n) is 2.00. The smallest absolute Gasteiger partial charge is 0.225 e. The van der Waals surface area contributed by atoms with Crippen molar-refractivity contribution >= 4 is 29.1 Å². The summed E-state index contributed by atoms with van der Waals surface area (Å²) in [4.78, 5) is 13.0. The van der Waals surface area contributed by atoms with Gasteiger partial charge in [-0.15, -0.1) is 0 Å². The van der Waals surface area contributed by atoms with E-state index in [1.165, 1.54) is 12.1 Å². The maximum absolute atomic E-state index is 13.1. The Hall–Kier alpha value is -2.73. The van der Waals surface area contributed by atoms with Crippen LogP contribution in [0.15, 0.2) is 48.7 Å². The highest BCUT2D eigenvalue weighted by molar-refractivity contribution is 6.33. The molecule has 1 aromatic carbocycles. The average Bonchev–Trinajstić information content (AvgIpc) is 2.58. The van der Waals surface area contributed by atoms with Gasteiger partial charge in [-0.05, 0) is 30.3 Å². The number of rotatable bonds is 4. The summed E-state index contributed by atoms with van der Waals surface area (Å²) >= 11 is 6.04. The Bertz CT molecular complexity index is 826. The maximum atomic E-state index is 13.1. The number of nitrogens with one attached hydrogen (secondary N) is 2. The van der Waals surface area contributed by atoms with Crippen LogP contribution in [0.4, 0.5) is 21.8 Å². The first-order valence-corrected chi connectivity index (χ1v) is 7.24. The van der Waals surface area contributed by atoms with Gasteiger partial charge < -0.3 is 10.6 Å². The van der Waals surface area contributed by atoms with E-state index in [4.69, 9.17) is 11.6 Å². The second kappa shape index (κ2) is 6.58. The van der Waals surface area contributed by atoms with E-state index in [-0.39, 0.29) is 5.02 Å². The van der Waals surface area contributed by atoms with Crippen LogP contribution in [0, 0.1) is 5.82 Å². The van der Waals surface area contributed by atoms with E-state index in [1.807, 2.05) is 18.2 Å². The van der Waals surface area contributed by atoms with E-state index >= 15 is 0 Å². The Labute approximate surface area is 137 Å². The van der Waals surface area contributed by atoms with Gasteiger partial charge in [0.2, 0.25) is 5.95 Å². The summed E-state index contributed by atoms with van der Waals surface area (Å²) < 4.78 is 13.1. The van der Waals surface area contributed by atoms with Gasteiger partial charge in [-0.2, -0.15) is 4.98 Å². The third-order valence-electron chi connectivity index (χ3n) is 3.07. The first kappa shape index (κ1) is 15.2. The number of halogens is 2. The van der Waals surface area contributed by atoms with Gasteiger partial charge in [-0.3, -0.25) is 4.98 Å². The van der Waals surface area contributed by atoms with E-state index in [1.54, 1.807) is 25.4 Å². The lowest BCUT2D eigenvalue weighted by atomic mass is 10.2. The molecule has 0 aliphatic heterocycles. The van der Waals surface area contributed by atoms with E-state index < -0.39 is 5.82 Å². The zero-order valence-corrected chi connectivity index (χ0v) is 13.0. The summed E-state index contributed by atoms with van der Waals surface area (Å²) in [5, 5.41) is 6.24. The van der Waals surface area contributed by atoms with Gasteiger partial charge in [-0.1, -0.05) is 17.7 Å². The second-order valence-electron chi connectivity index (χ2n) is 4.68. The summed E-state index contributed by atoms with van der Waals surface area (Å²) in [6.45, 7) is 0. The molecule has 0 unspecified atom stereocenters. The Kier molecular flexibility index (Phi) is 4.34. The van der Waals surface area contributed by atoms with E-state index in [0.29, 0.717) is 23.1 Å². The minimum Gasteiger partial charge on any atom is -0.357 e. The number of benzene rings is 1. The van der Waals surface area contributed by atoms with Crippen molar-refractivity contribution in [2.45, 2.75) is 0 Å². The molecule has 0 bridgehead atoms. The number of nitrogens with zero attached hydrogens (tertiary/aromatic N) is 3. The van der Waals surface area contributed by atoms with Gasteiger partial charge in [0.1, 0.15) is 11.6 Å². The third-order valence-corrected chi connectivity index (χ3v) is 3.38. The van der Waals surface area contributed by atoms with Crippen molar-refractivity contribution in [2.75, 3.05) is 17.7 Å².